The minimum atomic E-state index is 0.774. The second-order valence-corrected chi connectivity index (χ2v) is 3.66. The maximum absolute atomic E-state index is 4.23. The summed E-state index contributed by atoms with van der Waals surface area (Å²) in [7, 11) is 0. The Bertz CT molecular complexity index is 135. The van der Waals surface area contributed by atoms with Crippen molar-refractivity contribution in [2.24, 2.45) is 4.99 Å². The molecule has 1 unspecified atom stereocenters. The Balaban J connectivity index is 2.02. The molecule has 0 bridgehead atoms. The molecule has 0 aromatic rings. The molecule has 0 radical (unpaired) electrons. The SMILES string of the molecule is C1=NCCSC2CCN12. The van der Waals surface area contributed by atoms with E-state index >= 15 is 0 Å². The van der Waals surface area contributed by atoms with E-state index in [4.69, 9.17) is 0 Å². The Morgan fingerprint density at radius 2 is 2.67 bits per heavy atom. The summed E-state index contributed by atoms with van der Waals surface area (Å²) in [5, 5.41) is 0.774. The molecule has 2 aliphatic heterocycles. The fraction of sp³-hybridized carbons (Fsp3) is 0.833. The van der Waals surface area contributed by atoms with Crippen LogP contribution in [-0.2, 0) is 0 Å². The van der Waals surface area contributed by atoms with Crippen LogP contribution in [0.1, 0.15) is 6.42 Å². The number of aliphatic imine (C=N–C) groups is 1. The van der Waals surface area contributed by atoms with E-state index in [1.807, 2.05) is 18.1 Å². The van der Waals surface area contributed by atoms with Gasteiger partial charge in [0.2, 0.25) is 0 Å². The minimum Gasteiger partial charge on any atom is -0.351 e. The van der Waals surface area contributed by atoms with Crippen molar-refractivity contribution in [3.8, 4) is 0 Å². The molecule has 0 aromatic heterocycles. The normalized spacial score (nSPS) is 32.9. The molecule has 0 spiro atoms. The zero-order valence-electron chi connectivity index (χ0n) is 5.29. The fourth-order valence-electron chi connectivity index (χ4n) is 1.10. The molecule has 9 heavy (non-hydrogen) atoms. The summed E-state index contributed by atoms with van der Waals surface area (Å²) in [5.74, 6) is 1.21. The van der Waals surface area contributed by atoms with Gasteiger partial charge in [0.05, 0.1) is 11.7 Å². The van der Waals surface area contributed by atoms with Gasteiger partial charge in [0.25, 0.3) is 0 Å². The Morgan fingerprint density at radius 1 is 1.67 bits per heavy atom. The van der Waals surface area contributed by atoms with Gasteiger partial charge < -0.3 is 4.90 Å². The maximum Gasteiger partial charge on any atom is 0.0859 e. The molecule has 0 amide bonds. The van der Waals surface area contributed by atoms with E-state index in [1.165, 1.54) is 18.7 Å². The second kappa shape index (κ2) is 2.21. The molecule has 0 saturated carbocycles. The zero-order chi connectivity index (χ0) is 6.10. The maximum atomic E-state index is 4.23. The molecule has 2 nitrogen and oxygen atoms in total. The first-order valence-corrected chi connectivity index (χ1v) is 4.39. The lowest BCUT2D eigenvalue weighted by Gasteiger charge is -2.37. The first-order chi connectivity index (χ1) is 4.47. The highest BCUT2D eigenvalue weighted by Crippen LogP contribution is 2.27. The lowest BCUT2D eigenvalue weighted by atomic mass is 10.2. The third-order valence-electron chi connectivity index (χ3n) is 1.76. The molecule has 2 rings (SSSR count). The van der Waals surface area contributed by atoms with Crippen LogP contribution in [0.4, 0.5) is 0 Å². The van der Waals surface area contributed by atoms with Crippen LogP contribution in [-0.4, -0.2) is 35.5 Å². The number of thioether (sulfide) groups is 1. The first kappa shape index (κ1) is 5.59. The molecule has 0 aliphatic carbocycles. The summed E-state index contributed by atoms with van der Waals surface area (Å²) in [5.41, 5.74) is 0. The predicted molar refractivity (Wildman–Crippen MR) is 40.9 cm³/mol. The molecular formula is C6H10N2S. The van der Waals surface area contributed by atoms with Crippen molar-refractivity contribution in [1.82, 2.24) is 4.90 Å². The van der Waals surface area contributed by atoms with Gasteiger partial charge in [-0.05, 0) is 6.42 Å². The molecule has 2 aliphatic rings. The Morgan fingerprint density at radius 3 is 3.44 bits per heavy atom. The molecule has 50 valence electrons. The van der Waals surface area contributed by atoms with Crippen molar-refractivity contribution in [3.05, 3.63) is 0 Å². The lowest BCUT2D eigenvalue weighted by molar-refractivity contribution is 0.277. The highest BCUT2D eigenvalue weighted by Gasteiger charge is 2.26. The van der Waals surface area contributed by atoms with Crippen molar-refractivity contribution >= 4 is 18.1 Å². The van der Waals surface area contributed by atoms with Crippen LogP contribution in [0.25, 0.3) is 0 Å². The van der Waals surface area contributed by atoms with Crippen LogP contribution >= 0.6 is 11.8 Å². The van der Waals surface area contributed by atoms with E-state index in [0.717, 1.165) is 11.9 Å². The number of nitrogens with zero attached hydrogens (tertiary/aromatic N) is 2. The van der Waals surface area contributed by atoms with Gasteiger partial charge in [-0.2, -0.15) is 0 Å². The van der Waals surface area contributed by atoms with E-state index < -0.39 is 0 Å². The lowest BCUT2D eigenvalue weighted by Crippen LogP contribution is -2.43. The summed E-state index contributed by atoms with van der Waals surface area (Å²) < 4.78 is 0. The largest absolute Gasteiger partial charge is 0.351 e. The summed E-state index contributed by atoms with van der Waals surface area (Å²) in [6.07, 6.45) is 3.37. The minimum absolute atomic E-state index is 0.774. The average Bonchev–Trinajstić information content (AvgIpc) is 1.94. The summed E-state index contributed by atoms with van der Waals surface area (Å²) in [4.78, 5) is 6.55. The third-order valence-corrected chi connectivity index (χ3v) is 3.07. The first-order valence-electron chi connectivity index (χ1n) is 3.34. The van der Waals surface area contributed by atoms with Gasteiger partial charge in [0.1, 0.15) is 0 Å². The third kappa shape index (κ3) is 0.936. The summed E-state index contributed by atoms with van der Waals surface area (Å²) in [6.45, 7) is 2.23. The highest BCUT2D eigenvalue weighted by molar-refractivity contribution is 7.99. The van der Waals surface area contributed by atoms with Crippen molar-refractivity contribution in [3.63, 3.8) is 0 Å². The molecule has 1 fully saturated rings. The molecule has 1 atom stereocenters. The van der Waals surface area contributed by atoms with Gasteiger partial charge in [0, 0.05) is 18.8 Å². The van der Waals surface area contributed by atoms with Crippen LogP contribution in [0, 0.1) is 0 Å². The smallest absolute Gasteiger partial charge is 0.0859 e. The molecule has 0 N–H and O–H groups in total. The zero-order valence-corrected chi connectivity index (χ0v) is 6.10. The quantitative estimate of drug-likeness (QED) is 0.497. The van der Waals surface area contributed by atoms with Gasteiger partial charge >= 0.3 is 0 Å². The fourth-order valence-corrected chi connectivity index (χ4v) is 2.21. The van der Waals surface area contributed by atoms with Gasteiger partial charge in [0.15, 0.2) is 0 Å². The van der Waals surface area contributed by atoms with E-state index in [0.29, 0.717) is 0 Å². The summed E-state index contributed by atoms with van der Waals surface area (Å²) >= 11 is 2.03. The van der Waals surface area contributed by atoms with Crippen molar-refractivity contribution in [2.45, 2.75) is 11.8 Å². The number of fused-ring (bicyclic) bond motifs is 1. The van der Waals surface area contributed by atoms with Crippen molar-refractivity contribution < 1.29 is 0 Å². The van der Waals surface area contributed by atoms with Crippen LogP contribution in [0.15, 0.2) is 4.99 Å². The van der Waals surface area contributed by atoms with Gasteiger partial charge in [-0.1, -0.05) is 0 Å². The van der Waals surface area contributed by atoms with E-state index in [1.54, 1.807) is 0 Å². The Hall–Kier alpha value is -0.180. The monoisotopic (exact) mass is 142 g/mol. The molecule has 3 heteroatoms. The van der Waals surface area contributed by atoms with Crippen molar-refractivity contribution in [1.29, 1.82) is 0 Å². The number of rotatable bonds is 0. The Kier molecular flexibility index (Phi) is 1.38. The van der Waals surface area contributed by atoms with Gasteiger partial charge in [-0.15, -0.1) is 11.8 Å². The summed E-state index contributed by atoms with van der Waals surface area (Å²) in [6, 6.07) is 0. The van der Waals surface area contributed by atoms with Crippen LogP contribution in [0.2, 0.25) is 0 Å². The van der Waals surface area contributed by atoms with E-state index in [2.05, 4.69) is 9.89 Å². The topological polar surface area (TPSA) is 15.6 Å². The van der Waals surface area contributed by atoms with E-state index in [-0.39, 0.29) is 0 Å². The standard InChI is InChI=1S/C6H10N2S/c1-3-8-5-7-2-4-9-6(1)8/h5-6H,1-4H2. The van der Waals surface area contributed by atoms with E-state index in [9.17, 15) is 0 Å². The number of hydrogen-bond donors (Lipinski definition) is 0. The highest BCUT2D eigenvalue weighted by atomic mass is 32.2. The van der Waals surface area contributed by atoms with Gasteiger partial charge in [-0.25, -0.2) is 0 Å². The molecule has 2 heterocycles. The number of hydrogen-bond acceptors (Lipinski definition) is 3. The molecular weight excluding hydrogens is 132 g/mol. The van der Waals surface area contributed by atoms with Crippen LogP contribution < -0.4 is 0 Å². The second-order valence-electron chi connectivity index (χ2n) is 2.37. The van der Waals surface area contributed by atoms with Crippen LogP contribution in [0.3, 0.4) is 0 Å². The van der Waals surface area contributed by atoms with Crippen molar-refractivity contribution in [2.75, 3.05) is 18.8 Å². The Labute approximate surface area is 59.3 Å². The average molecular weight is 142 g/mol. The molecule has 1 saturated heterocycles. The molecule has 0 aromatic carbocycles. The van der Waals surface area contributed by atoms with Gasteiger partial charge in [-0.3, -0.25) is 4.99 Å². The van der Waals surface area contributed by atoms with Crippen LogP contribution in [0.5, 0.6) is 0 Å². The predicted octanol–water partition coefficient (Wildman–Crippen LogP) is 0.793.